The maximum absolute atomic E-state index is 11.6. The van der Waals surface area contributed by atoms with E-state index in [2.05, 4.69) is 0 Å². The summed E-state index contributed by atoms with van der Waals surface area (Å²) in [6, 6.07) is 16.4. The van der Waals surface area contributed by atoms with E-state index >= 15 is 0 Å². The fourth-order valence-electron chi connectivity index (χ4n) is 1.72. The van der Waals surface area contributed by atoms with Gasteiger partial charge in [0.05, 0.1) is 0 Å². The Kier molecular flexibility index (Phi) is 5.90. The van der Waals surface area contributed by atoms with Gasteiger partial charge in [0.15, 0.2) is 0 Å². The van der Waals surface area contributed by atoms with Crippen molar-refractivity contribution in [2.75, 3.05) is 0 Å². The van der Waals surface area contributed by atoms with Gasteiger partial charge < -0.3 is 4.74 Å². The largest absolute Gasteiger partial charge is 0.458 e. The van der Waals surface area contributed by atoms with Crippen LogP contribution >= 0.6 is 34.8 Å². The van der Waals surface area contributed by atoms with Crippen LogP contribution in [0.15, 0.2) is 60.7 Å². The summed E-state index contributed by atoms with van der Waals surface area (Å²) in [5.74, 6) is -0.408. The molecule has 5 heteroatoms. The Labute approximate surface area is 144 Å². The molecule has 0 aromatic heterocycles. The van der Waals surface area contributed by atoms with Crippen LogP contribution in [0.5, 0.6) is 0 Å². The fourth-order valence-corrected chi connectivity index (χ4v) is 2.10. The van der Waals surface area contributed by atoms with Crippen molar-refractivity contribution in [1.29, 1.82) is 0 Å². The van der Waals surface area contributed by atoms with Crippen LogP contribution in [0.2, 0.25) is 0 Å². The van der Waals surface area contributed by atoms with E-state index in [-0.39, 0.29) is 6.61 Å². The zero-order chi connectivity index (χ0) is 16.0. The van der Waals surface area contributed by atoms with Crippen molar-refractivity contribution >= 4 is 46.8 Å². The predicted octanol–water partition coefficient (Wildman–Crippen LogP) is 5.27. The van der Waals surface area contributed by atoms with Crippen molar-refractivity contribution in [1.82, 2.24) is 0 Å². The highest BCUT2D eigenvalue weighted by Gasteiger charge is 2.21. The number of halogens is 3. The molecule has 0 unspecified atom stereocenters. The van der Waals surface area contributed by atoms with E-state index in [1.165, 1.54) is 6.08 Å². The second kappa shape index (κ2) is 7.68. The molecular formula is C17H13Cl3O2. The lowest BCUT2D eigenvalue weighted by atomic mass is 10.1. The zero-order valence-corrected chi connectivity index (χ0v) is 13.8. The molecule has 114 valence electrons. The number of carbonyl (C=O) groups excluding carboxylic acids is 1. The topological polar surface area (TPSA) is 26.3 Å². The minimum atomic E-state index is -1.45. The third-order valence-corrected chi connectivity index (χ3v) is 3.53. The van der Waals surface area contributed by atoms with Crippen molar-refractivity contribution in [3.8, 4) is 0 Å². The van der Waals surface area contributed by atoms with Crippen LogP contribution in [0.3, 0.4) is 0 Å². The molecular weight excluding hydrogens is 343 g/mol. The summed E-state index contributed by atoms with van der Waals surface area (Å²) in [6.07, 6.45) is 3.02. The molecule has 0 radical (unpaired) electrons. The lowest BCUT2D eigenvalue weighted by Gasteiger charge is -2.10. The van der Waals surface area contributed by atoms with Gasteiger partial charge in [0, 0.05) is 11.6 Å². The molecule has 0 amide bonds. The molecule has 2 nitrogen and oxygen atoms in total. The molecule has 0 saturated carbocycles. The van der Waals surface area contributed by atoms with Crippen LogP contribution in [-0.4, -0.2) is 5.97 Å². The summed E-state index contributed by atoms with van der Waals surface area (Å²) in [5, 5.41) is 0. The first kappa shape index (κ1) is 16.9. The van der Waals surface area contributed by atoms with Gasteiger partial charge >= 0.3 is 5.97 Å². The third kappa shape index (κ3) is 5.38. The van der Waals surface area contributed by atoms with Gasteiger partial charge in [-0.3, -0.25) is 0 Å². The summed E-state index contributed by atoms with van der Waals surface area (Å²) >= 11 is 17.3. The third-order valence-electron chi connectivity index (χ3n) is 2.87. The fraction of sp³-hybridized carbons (Fsp3) is 0.118. The molecule has 0 aliphatic rings. The molecule has 0 aliphatic heterocycles. The molecule has 0 atom stereocenters. The number of ether oxygens (including phenoxy) is 1. The zero-order valence-electron chi connectivity index (χ0n) is 11.5. The standard InChI is InChI=1S/C17H13Cl3O2/c18-17(19,20)15-9-6-13(7-10-15)8-11-16(21)22-12-14-4-2-1-3-5-14/h1-11H,12H2. The molecule has 0 N–H and O–H groups in total. The van der Waals surface area contributed by atoms with Crippen LogP contribution in [0, 0.1) is 0 Å². The van der Waals surface area contributed by atoms with Gasteiger partial charge in [0.1, 0.15) is 6.61 Å². The summed E-state index contributed by atoms with van der Waals surface area (Å²) in [4.78, 5) is 11.6. The number of carbonyl (C=O) groups is 1. The number of hydrogen-bond acceptors (Lipinski definition) is 2. The Morgan fingerprint density at radius 3 is 2.23 bits per heavy atom. The molecule has 0 heterocycles. The Bertz CT molecular complexity index is 644. The van der Waals surface area contributed by atoms with E-state index in [0.717, 1.165) is 11.1 Å². The van der Waals surface area contributed by atoms with Crippen molar-refractivity contribution in [3.05, 3.63) is 77.4 Å². The average molecular weight is 356 g/mol. The van der Waals surface area contributed by atoms with Crippen LogP contribution in [0.1, 0.15) is 16.7 Å². The molecule has 0 saturated heterocycles. The van der Waals surface area contributed by atoms with Gasteiger partial charge in [0.25, 0.3) is 0 Å². The van der Waals surface area contributed by atoms with Crippen LogP contribution in [0.4, 0.5) is 0 Å². The predicted molar refractivity (Wildman–Crippen MR) is 91.0 cm³/mol. The average Bonchev–Trinajstić information content (AvgIpc) is 2.51. The molecule has 0 bridgehead atoms. The van der Waals surface area contributed by atoms with Gasteiger partial charge in [0.2, 0.25) is 3.79 Å². The van der Waals surface area contributed by atoms with Crippen LogP contribution < -0.4 is 0 Å². The Morgan fingerprint density at radius 1 is 1.00 bits per heavy atom. The summed E-state index contributed by atoms with van der Waals surface area (Å²) < 4.78 is 3.69. The minimum Gasteiger partial charge on any atom is -0.458 e. The second-order valence-electron chi connectivity index (χ2n) is 4.55. The molecule has 0 aliphatic carbocycles. The van der Waals surface area contributed by atoms with Gasteiger partial charge in [-0.1, -0.05) is 89.4 Å². The quantitative estimate of drug-likeness (QED) is 0.424. The number of hydrogen-bond donors (Lipinski definition) is 0. The highest BCUT2D eigenvalue weighted by molar-refractivity contribution is 6.66. The smallest absolute Gasteiger partial charge is 0.331 e. The summed E-state index contributed by atoms with van der Waals surface area (Å²) in [7, 11) is 0. The Hall–Kier alpha value is -1.48. The van der Waals surface area contributed by atoms with Crippen molar-refractivity contribution < 1.29 is 9.53 Å². The van der Waals surface area contributed by atoms with E-state index in [1.54, 1.807) is 30.3 Å². The van der Waals surface area contributed by atoms with Crippen LogP contribution in [0.25, 0.3) is 6.08 Å². The maximum atomic E-state index is 11.6. The SMILES string of the molecule is O=C(C=Cc1ccc(C(Cl)(Cl)Cl)cc1)OCc1ccccc1. The van der Waals surface area contributed by atoms with E-state index < -0.39 is 9.76 Å². The highest BCUT2D eigenvalue weighted by Crippen LogP contribution is 2.38. The Balaban J connectivity index is 1.90. The van der Waals surface area contributed by atoms with E-state index in [9.17, 15) is 4.79 Å². The van der Waals surface area contributed by atoms with Gasteiger partial charge in [-0.05, 0) is 17.2 Å². The van der Waals surface area contributed by atoms with E-state index in [4.69, 9.17) is 39.5 Å². The van der Waals surface area contributed by atoms with Crippen molar-refractivity contribution in [2.24, 2.45) is 0 Å². The lowest BCUT2D eigenvalue weighted by Crippen LogP contribution is -2.00. The highest BCUT2D eigenvalue weighted by atomic mass is 35.6. The molecule has 2 aromatic carbocycles. The molecule has 0 spiro atoms. The molecule has 22 heavy (non-hydrogen) atoms. The molecule has 2 aromatic rings. The van der Waals surface area contributed by atoms with Crippen molar-refractivity contribution in [3.63, 3.8) is 0 Å². The minimum absolute atomic E-state index is 0.246. The number of esters is 1. The lowest BCUT2D eigenvalue weighted by molar-refractivity contribution is -0.138. The maximum Gasteiger partial charge on any atom is 0.331 e. The summed E-state index contributed by atoms with van der Waals surface area (Å²) in [6.45, 7) is 0.246. The van der Waals surface area contributed by atoms with Gasteiger partial charge in [-0.25, -0.2) is 4.79 Å². The van der Waals surface area contributed by atoms with Gasteiger partial charge in [-0.15, -0.1) is 0 Å². The monoisotopic (exact) mass is 354 g/mol. The first-order valence-electron chi connectivity index (χ1n) is 6.51. The van der Waals surface area contributed by atoms with Crippen LogP contribution in [-0.2, 0) is 19.9 Å². The summed E-state index contributed by atoms with van der Waals surface area (Å²) in [5.41, 5.74) is 2.33. The van der Waals surface area contributed by atoms with E-state index in [0.29, 0.717) is 5.56 Å². The molecule has 2 rings (SSSR count). The normalized spacial score (nSPS) is 11.6. The number of rotatable bonds is 4. The van der Waals surface area contributed by atoms with E-state index in [1.807, 2.05) is 30.3 Å². The Morgan fingerprint density at radius 2 is 1.64 bits per heavy atom. The number of benzene rings is 2. The molecule has 0 fully saturated rings. The first-order valence-corrected chi connectivity index (χ1v) is 7.64. The second-order valence-corrected chi connectivity index (χ2v) is 6.83. The number of alkyl halides is 3. The first-order chi connectivity index (χ1) is 10.4. The van der Waals surface area contributed by atoms with Gasteiger partial charge in [-0.2, -0.15) is 0 Å². The van der Waals surface area contributed by atoms with Crippen molar-refractivity contribution in [2.45, 2.75) is 10.4 Å².